The Morgan fingerprint density at radius 2 is 1.96 bits per heavy atom. The van der Waals surface area contributed by atoms with Crippen LogP contribution in [0.4, 0.5) is 0 Å². The Hall–Kier alpha value is -1.95. The molecule has 6 nitrogen and oxygen atoms in total. The maximum Gasteiger partial charge on any atom is 0.261 e. The number of nitrogens with one attached hydrogen (secondary N) is 1. The zero-order valence-electron chi connectivity index (χ0n) is 15.2. The number of ketones is 1. The fourth-order valence-electron chi connectivity index (χ4n) is 3.17. The van der Waals surface area contributed by atoms with E-state index in [9.17, 15) is 14.4 Å². The third-order valence-electron chi connectivity index (χ3n) is 4.51. The maximum absolute atomic E-state index is 12.6. The van der Waals surface area contributed by atoms with Gasteiger partial charge in [0.25, 0.3) is 11.5 Å². The summed E-state index contributed by atoms with van der Waals surface area (Å²) in [6.45, 7) is 8.76. The highest BCUT2D eigenvalue weighted by Gasteiger charge is 2.33. The molecule has 1 aromatic heterocycles. The van der Waals surface area contributed by atoms with E-state index in [1.165, 1.54) is 11.0 Å². The first-order chi connectivity index (χ1) is 11.0. The SMILES string of the molecule is CN(CC(C)(C)CN)C(=O)c1cc2c([nH]c1=O)CC(C)(C)CC2=O. The number of pyridine rings is 1. The quantitative estimate of drug-likeness (QED) is 0.874. The predicted molar refractivity (Wildman–Crippen MR) is 93.3 cm³/mol. The van der Waals surface area contributed by atoms with Crippen LogP contribution >= 0.6 is 0 Å². The molecule has 0 saturated carbocycles. The minimum atomic E-state index is -0.443. The second kappa shape index (κ2) is 6.16. The van der Waals surface area contributed by atoms with Gasteiger partial charge in [-0.1, -0.05) is 27.7 Å². The summed E-state index contributed by atoms with van der Waals surface area (Å²) in [6.07, 6.45) is 1.03. The molecule has 0 spiro atoms. The molecule has 0 saturated heterocycles. The van der Waals surface area contributed by atoms with Gasteiger partial charge in [0.2, 0.25) is 0 Å². The van der Waals surface area contributed by atoms with E-state index in [0.29, 0.717) is 37.2 Å². The molecule has 3 N–H and O–H groups in total. The second-order valence-electron chi connectivity index (χ2n) is 8.37. The van der Waals surface area contributed by atoms with E-state index in [1.54, 1.807) is 7.05 Å². The van der Waals surface area contributed by atoms with Crippen LogP contribution in [0.3, 0.4) is 0 Å². The molecule has 1 aromatic rings. The molecule has 0 atom stereocenters. The number of aromatic nitrogens is 1. The number of carbonyl (C=O) groups is 2. The molecule has 0 fully saturated rings. The number of fused-ring (bicyclic) bond motifs is 1. The first kappa shape index (κ1) is 18.4. The highest BCUT2D eigenvalue weighted by Crippen LogP contribution is 2.33. The van der Waals surface area contributed by atoms with E-state index < -0.39 is 11.5 Å². The summed E-state index contributed by atoms with van der Waals surface area (Å²) in [5.41, 5.74) is 5.94. The second-order valence-corrected chi connectivity index (χ2v) is 8.37. The molecule has 1 aliphatic carbocycles. The highest BCUT2D eigenvalue weighted by molar-refractivity contribution is 6.02. The van der Waals surface area contributed by atoms with Gasteiger partial charge in [-0.25, -0.2) is 0 Å². The average Bonchev–Trinajstić information content (AvgIpc) is 2.44. The van der Waals surface area contributed by atoms with Crippen molar-refractivity contribution in [2.45, 2.75) is 40.5 Å². The Balaban J connectivity index is 2.36. The van der Waals surface area contributed by atoms with Gasteiger partial charge in [-0.3, -0.25) is 14.4 Å². The molecule has 0 aliphatic heterocycles. The van der Waals surface area contributed by atoms with Crippen LogP contribution in [0.1, 0.15) is 60.5 Å². The van der Waals surface area contributed by atoms with E-state index in [0.717, 1.165) is 0 Å². The summed E-state index contributed by atoms with van der Waals surface area (Å²) in [6, 6.07) is 1.46. The lowest BCUT2D eigenvalue weighted by molar-refractivity contribution is 0.0738. The Kier molecular flexibility index (Phi) is 4.72. The molecule has 132 valence electrons. The number of nitrogens with zero attached hydrogens (tertiary/aromatic N) is 1. The van der Waals surface area contributed by atoms with Gasteiger partial charge in [0, 0.05) is 31.3 Å². The van der Waals surface area contributed by atoms with E-state index in [-0.39, 0.29) is 22.2 Å². The van der Waals surface area contributed by atoms with Gasteiger partial charge in [-0.2, -0.15) is 0 Å². The molecular formula is C18H27N3O3. The van der Waals surface area contributed by atoms with E-state index in [1.807, 2.05) is 27.7 Å². The molecule has 0 radical (unpaired) electrons. The zero-order chi connectivity index (χ0) is 18.3. The topological polar surface area (TPSA) is 96.3 Å². The first-order valence-corrected chi connectivity index (χ1v) is 8.21. The van der Waals surface area contributed by atoms with Crippen molar-refractivity contribution < 1.29 is 9.59 Å². The van der Waals surface area contributed by atoms with Crippen molar-refractivity contribution in [2.24, 2.45) is 16.6 Å². The van der Waals surface area contributed by atoms with Crippen LogP contribution in [-0.2, 0) is 6.42 Å². The summed E-state index contributed by atoms with van der Waals surface area (Å²) in [7, 11) is 1.64. The lowest BCUT2D eigenvalue weighted by Gasteiger charge is -2.31. The van der Waals surface area contributed by atoms with Crippen LogP contribution in [0, 0.1) is 10.8 Å². The third-order valence-corrected chi connectivity index (χ3v) is 4.51. The number of hydrogen-bond acceptors (Lipinski definition) is 4. The normalized spacial score (nSPS) is 16.7. The van der Waals surface area contributed by atoms with Crippen LogP contribution in [0.25, 0.3) is 0 Å². The van der Waals surface area contributed by atoms with Crippen LogP contribution in [0.2, 0.25) is 0 Å². The van der Waals surface area contributed by atoms with Crippen molar-refractivity contribution in [3.8, 4) is 0 Å². The number of rotatable bonds is 4. The molecule has 0 bridgehead atoms. The number of nitrogens with two attached hydrogens (primary N) is 1. The van der Waals surface area contributed by atoms with Gasteiger partial charge in [0.15, 0.2) is 5.78 Å². The summed E-state index contributed by atoms with van der Waals surface area (Å²) < 4.78 is 0. The number of carbonyl (C=O) groups excluding carboxylic acids is 2. The molecule has 2 rings (SSSR count). The van der Waals surface area contributed by atoms with Crippen molar-refractivity contribution in [3.05, 3.63) is 33.2 Å². The number of amides is 1. The molecule has 1 aliphatic rings. The van der Waals surface area contributed by atoms with Gasteiger partial charge in [-0.15, -0.1) is 0 Å². The molecule has 0 aromatic carbocycles. The smallest absolute Gasteiger partial charge is 0.261 e. The fourth-order valence-corrected chi connectivity index (χ4v) is 3.17. The molecule has 0 unspecified atom stereocenters. The van der Waals surface area contributed by atoms with Gasteiger partial charge in [0.1, 0.15) is 5.56 Å². The molecule has 24 heavy (non-hydrogen) atoms. The van der Waals surface area contributed by atoms with Crippen molar-refractivity contribution in [1.82, 2.24) is 9.88 Å². The lowest BCUT2D eigenvalue weighted by atomic mass is 9.75. The predicted octanol–water partition coefficient (Wildman–Crippen LogP) is 1.59. The summed E-state index contributed by atoms with van der Waals surface area (Å²) >= 11 is 0. The van der Waals surface area contributed by atoms with Crippen LogP contribution in [0.5, 0.6) is 0 Å². The van der Waals surface area contributed by atoms with Gasteiger partial charge in [0.05, 0.1) is 0 Å². The highest BCUT2D eigenvalue weighted by atomic mass is 16.2. The summed E-state index contributed by atoms with van der Waals surface area (Å²) in [5, 5.41) is 0. The number of H-pyrrole nitrogens is 1. The van der Waals surface area contributed by atoms with Crippen LogP contribution in [0.15, 0.2) is 10.9 Å². The van der Waals surface area contributed by atoms with Gasteiger partial charge < -0.3 is 15.6 Å². The Labute approximate surface area is 142 Å². The minimum absolute atomic E-state index is 0.0112. The van der Waals surface area contributed by atoms with Crippen LogP contribution in [-0.4, -0.2) is 41.7 Å². The summed E-state index contributed by atoms with van der Waals surface area (Å²) in [4.78, 5) is 41.6. The monoisotopic (exact) mass is 333 g/mol. The van der Waals surface area contributed by atoms with Gasteiger partial charge >= 0.3 is 0 Å². The largest absolute Gasteiger partial charge is 0.341 e. The maximum atomic E-state index is 12.6. The third kappa shape index (κ3) is 3.75. The Morgan fingerprint density at radius 1 is 1.33 bits per heavy atom. The lowest BCUT2D eigenvalue weighted by Crippen LogP contribution is -2.42. The average molecular weight is 333 g/mol. The van der Waals surface area contributed by atoms with Crippen molar-refractivity contribution >= 4 is 11.7 Å². The van der Waals surface area contributed by atoms with Crippen molar-refractivity contribution in [3.63, 3.8) is 0 Å². The zero-order valence-corrected chi connectivity index (χ0v) is 15.2. The van der Waals surface area contributed by atoms with Crippen molar-refractivity contribution in [1.29, 1.82) is 0 Å². The Bertz CT molecular complexity index is 732. The van der Waals surface area contributed by atoms with Crippen molar-refractivity contribution in [2.75, 3.05) is 20.1 Å². The van der Waals surface area contributed by atoms with E-state index >= 15 is 0 Å². The molecular weight excluding hydrogens is 306 g/mol. The molecule has 6 heteroatoms. The number of hydrogen-bond donors (Lipinski definition) is 2. The molecule has 1 amide bonds. The van der Waals surface area contributed by atoms with E-state index in [2.05, 4.69) is 4.98 Å². The number of Topliss-reactive ketones (excluding diaryl/α,β-unsaturated/α-hetero) is 1. The minimum Gasteiger partial charge on any atom is -0.341 e. The first-order valence-electron chi connectivity index (χ1n) is 8.21. The van der Waals surface area contributed by atoms with Crippen LogP contribution < -0.4 is 11.3 Å². The summed E-state index contributed by atoms with van der Waals surface area (Å²) in [5.74, 6) is -0.422. The van der Waals surface area contributed by atoms with Gasteiger partial charge in [-0.05, 0) is 29.9 Å². The molecule has 1 heterocycles. The van der Waals surface area contributed by atoms with E-state index in [4.69, 9.17) is 5.73 Å². The fraction of sp³-hybridized carbons (Fsp3) is 0.611. The Morgan fingerprint density at radius 3 is 2.54 bits per heavy atom. The standard InChI is InChI=1S/C18H27N3O3/c1-17(2)7-13-11(14(22)8-17)6-12(15(23)20-13)16(24)21(5)10-18(3,4)9-19/h6H,7-10,19H2,1-5H3,(H,20,23). The number of aromatic amines is 1.